The lowest BCUT2D eigenvalue weighted by atomic mass is 9.90. The summed E-state index contributed by atoms with van der Waals surface area (Å²) in [6, 6.07) is 0. The van der Waals surface area contributed by atoms with Crippen molar-refractivity contribution in [2.24, 2.45) is 22.7 Å². The Kier molecular flexibility index (Phi) is 0.800. The number of hydrogen-bond acceptors (Lipinski definition) is 1. The topological polar surface area (TPSA) is 20.2 Å². The molecule has 66 valence electrons. The van der Waals surface area contributed by atoms with Gasteiger partial charge in [0.25, 0.3) is 0 Å². The van der Waals surface area contributed by atoms with E-state index in [0.29, 0.717) is 10.8 Å². The Balaban J connectivity index is 1.76. The molecule has 0 heterocycles. The second-order valence-corrected chi connectivity index (χ2v) is 5.54. The molecule has 4 aliphatic carbocycles. The molecule has 0 radical (unpaired) electrons. The van der Waals surface area contributed by atoms with Crippen LogP contribution in [0.25, 0.3) is 0 Å². The number of rotatable bonds is 2. The summed E-state index contributed by atoms with van der Waals surface area (Å²) in [7, 11) is 0. The number of aliphatic hydroxyl groups is 1. The molecular formula is C11H16O. The van der Waals surface area contributed by atoms with E-state index in [-0.39, 0.29) is 6.10 Å². The lowest BCUT2D eigenvalue weighted by molar-refractivity contribution is 0.188. The molecule has 12 heavy (non-hydrogen) atoms. The van der Waals surface area contributed by atoms with Gasteiger partial charge >= 0.3 is 0 Å². The highest BCUT2D eigenvalue weighted by molar-refractivity contribution is 5.36. The van der Waals surface area contributed by atoms with Gasteiger partial charge in [0, 0.05) is 10.8 Å². The first-order valence-corrected chi connectivity index (χ1v) is 5.50. The Morgan fingerprint density at radius 2 is 1.42 bits per heavy atom. The van der Waals surface area contributed by atoms with E-state index in [1.807, 2.05) is 0 Å². The standard InChI is InChI=1S/C11H16O/c12-9-10(5-6-10)11(9,7-1-2-7)8-3-4-8/h7-9,12H,1-6H2. The molecule has 1 heteroatoms. The number of hydrogen-bond donors (Lipinski definition) is 1. The Morgan fingerprint density at radius 1 is 0.917 bits per heavy atom. The Morgan fingerprint density at radius 3 is 1.67 bits per heavy atom. The van der Waals surface area contributed by atoms with Crippen LogP contribution in [0.3, 0.4) is 0 Å². The number of aliphatic hydroxyl groups excluding tert-OH is 1. The van der Waals surface area contributed by atoms with E-state index >= 15 is 0 Å². The largest absolute Gasteiger partial charge is 0.392 e. The molecule has 4 saturated carbocycles. The van der Waals surface area contributed by atoms with Crippen molar-refractivity contribution >= 4 is 0 Å². The SMILES string of the molecule is OC1C2(CC2)C1(C1CC1)C1CC1. The van der Waals surface area contributed by atoms with E-state index in [1.54, 1.807) is 0 Å². The van der Waals surface area contributed by atoms with Crippen LogP contribution in [0.5, 0.6) is 0 Å². The average molecular weight is 164 g/mol. The van der Waals surface area contributed by atoms with Crippen LogP contribution in [0.1, 0.15) is 38.5 Å². The van der Waals surface area contributed by atoms with Crippen LogP contribution < -0.4 is 0 Å². The minimum Gasteiger partial charge on any atom is -0.392 e. The van der Waals surface area contributed by atoms with Crippen molar-refractivity contribution in [3.63, 3.8) is 0 Å². The van der Waals surface area contributed by atoms with Gasteiger partial charge in [-0.1, -0.05) is 0 Å². The summed E-state index contributed by atoms with van der Waals surface area (Å²) in [5.41, 5.74) is 0.988. The molecule has 0 aromatic carbocycles. The van der Waals surface area contributed by atoms with E-state index in [9.17, 15) is 5.11 Å². The van der Waals surface area contributed by atoms with Crippen LogP contribution in [0.15, 0.2) is 0 Å². The van der Waals surface area contributed by atoms with Gasteiger partial charge in [-0.2, -0.15) is 0 Å². The second kappa shape index (κ2) is 1.50. The van der Waals surface area contributed by atoms with Gasteiger partial charge in [-0.25, -0.2) is 0 Å². The minimum atomic E-state index is 0.130. The van der Waals surface area contributed by atoms with Gasteiger partial charge < -0.3 is 5.11 Å². The van der Waals surface area contributed by atoms with E-state index in [4.69, 9.17) is 0 Å². The molecule has 0 bridgehead atoms. The zero-order chi connectivity index (χ0) is 7.97. The van der Waals surface area contributed by atoms with Gasteiger partial charge in [-0.05, 0) is 50.4 Å². The molecule has 4 fully saturated rings. The molecular weight excluding hydrogens is 148 g/mol. The third-order valence-corrected chi connectivity index (χ3v) is 5.05. The monoisotopic (exact) mass is 164 g/mol. The van der Waals surface area contributed by atoms with Crippen molar-refractivity contribution in [3.8, 4) is 0 Å². The molecule has 0 aromatic heterocycles. The minimum absolute atomic E-state index is 0.130. The van der Waals surface area contributed by atoms with Gasteiger partial charge in [-0.3, -0.25) is 0 Å². The van der Waals surface area contributed by atoms with Crippen LogP contribution in [-0.2, 0) is 0 Å². The maximum atomic E-state index is 10.1. The highest BCUT2D eigenvalue weighted by Gasteiger charge is 2.88. The molecule has 4 aliphatic rings. The van der Waals surface area contributed by atoms with Crippen LogP contribution in [0.2, 0.25) is 0 Å². The maximum Gasteiger partial charge on any atom is 0.0670 e. The molecule has 1 spiro atoms. The van der Waals surface area contributed by atoms with E-state index in [2.05, 4.69) is 0 Å². The van der Waals surface area contributed by atoms with Crippen molar-refractivity contribution in [2.75, 3.05) is 0 Å². The fourth-order valence-corrected chi connectivity index (χ4v) is 4.18. The second-order valence-electron chi connectivity index (χ2n) is 5.54. The van der Waals surface area contributed by atoms with Crippen LogP contribution >= 0.6 is 0 Å². The highest BCUT2D eigenvalue weighted by atomic mass is 16.3. The predicted octanol–water partition coefficient (Wildman–Crippen LogP) is 1.95. The molecule has 1 N–H and O–H groups in total. The van der Waals surface area contributed by atoms with Gasteiger partial charge in [0.1, 0.15) is 0 Å². The molecule has 0 aliphatic heterocycles. The normalized spacial score (nSPS) is 46.2. The summed E-state index contributed by atoms with van der Waals surface area (Å²) >= 11 is 0. The van der Waals surface area contributed by atoms with Crippen molar-refractivity contribution in [3.05, 3.63) is 0 Å². The van der Waals surface area contributed by atoms with Crippen LogP contribution in [0, 0.1) is 22.7 Å². The summed E-state index contributed by atoms with van der Waals surface area (Å²) in [6.45, 7) is 0. The zero-order valence-electron chi connectivity index (χ0n) is 7.42. The first-order chi connectivity index (χ1) is 5.82. The summed E-state index contributed by atoms with van der Waals surface area (Å²) in [5.74, 6) is 1.89. The molecule has 4 rings (SSSR count). The summed E-state index contributed by atoms with van der Waals surface area (Å²) in [4.78, 5) is 0. The van der Waals surface area contributed by atoms with Crippen molar-refractivity contribution in [1.82, 2.24) is 0 Å². The average Bonchev–Trinajstić information content (AvgIpc) is 2.87. The van der Waals surface area contributed by atoms with Gasteiger partial charge in [-0.15, -0.1) is 0 Å². The molecule has 1 nitrogen and oxygen atoms in total. The van der Waals surface area contributed by atoms with Crippen molar-refractivity contribution < 1.29 is 5.11 Å². The van der Waals surface area contributed by atoms with Crippen molar-refractivity contribution in [1.29, 1.82) is 0 Å². The van der Waals surface area contributed by atoms with Crippen LogP contribution in [0.4, 0.5) is 0 Å². The van der Waals surface area contributed by atoms with E-state index < -0.39 is 0 Å². The Bertz CT molecular complexity index is 234. The summed E-state index contributed by atoms with van der Waals surface area (Å²) < 4.78 is 0. The molecule has 0 aromatic rings. The van der Waals surface area contributed by atoms with Gasteiger partial charge in [0.2, 0.25) is 0 Å². The highest BCUT2D eigenvalue weighted by Crippen LogP contribution is 2.88. The fraction of sp³-hybridized carbons (Fsp3) is 1.00. The molecule has 0 amide bonds. The smallest absolute Gasteiger partial charge is 0.0670 e. The quantitative estimate of drug-likeness (QED) is 0.661. The van der Waals surface area contributed by atoms with Crippen molar-refractivity contribution in [2.45, 2.75) is 44.6 Å². The third kappa shape index (κ3) is 0.454. The predicted molar refractivity (Wildman–Crippen MR) is 45.6 cm³/mol. The van der Waals surface area contributed by atoms with Gasteiger partial charge in [0.05, 0.1) is 6.10 Å². The molecule has 0 saturated heterocycles. The first-order valence-electron chi connectivity index (χ1n) is 5.50. The summed E-state index contributed by atoms with van der Waals surface area (Å²) in [6.07, 6.45) is 8.53. The van der Waals surface area contributed by atoms with Crippen LogP contribution in [-0.4, -0.2) is 11.2 Å². The molecule has 1 unspecified atom stereocenters. The lowest BCUT2D eigenvalue weighted by Gasteiger charge is -2.14. The first kappa shape index (κ1) is 6.42. The van der Waals surface area contributed by atoms with E-state index in [0.717, 1.165) is 11.8 Å². The Labute approximate surface area is 73.2 Å². The molecule has 1 atom stereocenters. The zero-order valence-corrected chi connectivity index (χ0v) is 7.42. The fourth-order valence-electron chi connectivity index (χ4n) is 4.18. The van der Waals surface area contributed by atoms with E-state index in [1.165, 1.54) is 38.5 Å². The van der Waals surface area contributed by atoms with Gasteiger partial charge in [0.15, 0.2) is 0 Å². The summed E-state index contributed by atoms with van der Waals surface area (Å²) in [5, 5.41) is 10.1. The maximum absolute atomic E-state index is 10.1. The Hall–Kier alpha value is -0.0400. The lowest BCUT2D eigenvalue weighted by Crippen LogP contribution is -2.13. The third-order valence-electron chi connectivity index (χ3n) is 5.05.